The average Bonchev–Trinajstić information content (AvgIpc) is 2.35. The van der Waals surface area contributed by atoms with E-state index >= 15 is 0 Å². The summed E-state index contributed by atoms with van der Waals surface area (Å²) < 4.78 is 0. The van der Waals surface area contributed by atoms with E-state index in [1.54, 1.807) is 0 Å². The maximum Gasteiger partial charge on any atom is 0.138 e. The summed E-state index contributed by atoms with van der Waals surface area (Å²) in [7, 11) is 0. The van der Waals surface area contributed by atoms with Crippen molar-refractivity contribution in [1.82, 2.24) is 15.3 Å². The predicted octanol–water partition coefficient (Wildman–Crippen LogP) is 3.32. The Balaban J connectivity index is 2.56. The van der Waals surface area contributed by atoms with Gasteiger partial charge in [0.1, 0.15) is 5.82 Å². The zero-order valence-electron chi connectivity index (χ0n) is 12.0. The van der Waals surface area contributed by atoms with Crippen molar-refractivity contribution in [2.24, 2.45) is 0 Å². The fraction of sp³-hybridized carbons (Fsp3) is 0.714. The van der Waals surface area contributed by atoms with E-state index in [0.29, 0.717) is 5.25 Å². The zero-order valence-corrected chi connectivity index (χ0v) is 12.8. The van der Waals surface area contributed by atoms with Crippen LogP contribution in [0.5, 0.6) is 0 Å². The van der Waals surface area contributed by atoms with Gasteiger partial charge in [-0.2, -0.15) is 11.8 Å². The van der Waals surface area contributed by atoms with Crippen LogP contribution in [0.25, 0.3) is 0 Å². The first-order valence-electron chi connectivity index (χ1n) is 6.81. The molecule has 0 bridgehead atoms. The Morgan fingerprint density at radius 1 is 1.33 bits per heavy atom. The SMILES string of the molecule is CCCNCc1cc(C)nc(CSC(C)CC)n1. The third-order valence-corrected chi connectivity index (χ3v) is 4.09. The summed E-state index contributed by atoms with van der Waals surface area (Å²) in [6.07, 6.45) is 2.35. The van der Waals surface area contributed by atoms with Crippen LogP contribution >= 0.6 is 11.8 Å². The van der Waals surface area contributed by atoms with Gasteiger partial charge in [-0.05, 0) is 32.4 Å². The lowest BCUT2D eigenvalue weighted by Crippen LogP contribution is -2.16. The standard InChI is InChI=1S/C14H25N3S/c1-5-7-15-9-13-8-11(3)16-14(17-13)10-18-12(4)6-2/h8,12,15H,5-7,9-10H2,1-4H3. The van der Waals surface area contributed by atoms with Crippen molar-refractivity contribution in [3.63, 3.8) is 0 Å². The largest absolute Gasteiger partial charge is 0.311 e. The fourth-order valence-electron chi connectivity index (χ4n) is 1.58. The van der Waals surface area contributed by atoms with Gasteiger partial charge in [0.15, 0.2) is 0 Å². The molecule has 0 aliphatic rings. The van der Waals surface area contributed by atoms with Gasteiger partial charge in [-0.1, -0.05) is 20.8 Å². The first-order valence-corrected chi connectivity index (χ1v) is 7.86. The van der Waals surface area contributed by atoms with Crippen LogP contribution in [0, 0.1) is 6.92 Å². The number of hydrogen-bond acceptors (Lipinski definition) is 4. The van der Waals surface area contributed by atoms with Crippen LogP contribution in [0.2, 0.25) is 0 Å². The van der Waals surface area contributed by atoms with Crippen LogP contribution < -0.4 is 5.32 Å². The highest BCUT2D eigenvalue weighted by Crippen LogP contribution is 2.18. The maximum atomic E-state index is 4.62. The second kappa shape index (κ2) is 8.48. The number of aryl methyl sites for hydroxylation is 1. The van der Waals surface area contributed by atoms with Gasteiger partial charge < -0.3 is 5.32 Å². The van der Waals surface area contributed by atoms with Crippen molar-refractivity contribution in [3.05, 3.63) is 23.3 Å². The third kappa shape index (κ3) is 5.83. The first-order chi connectivity index (χ1) is 8.65. The van der Waals surface area contributed by atoms with E-state index in [-0.39, 0.29) is 0 Å². The molecule has 18 heavy (non-hydrogen) atoms. The summed E-state index contributed by atoms with van der Waals surface area (Å²) in [4.78, 5) is 9.13. The van der Waals surface area contributed by atoms with Crippen LogP contribution in [0.4, 0.5) is 0 Å². The fourth-order valence-corrected chi connectivity index (χ4v) is 2.38. The molecule has 0 saturated heterocycles. The van der Waals surface area contributed by atoms with Crippen molar-refractivity contribution >= 4 is 11.8 Å². The van der Waals surface area contributed by atoms with Gasteiger partial charge in [0.2, 0.25) is 0 Å². The van der Waals surface area contributed by atoms with Gasteiger partial charge in [-0.25, -0.2) is 9.97 Å². The summed E-state index contributed by atoms with van der Waals surface area (Å²) in [6, 6.07) is 2.07. The number of aromatic nitrogens is 2. The molecule has 0 radical (unpaired) electrons. The Kier molecular flexibility index (Phi) is 7.28. The molecule has 1 aromatic rings. The molecule has 102 valence electrons. The lowest BCUT2D eigenvalue weighted by Gasteiger charge is -2.09. The summed E-state index contributed by atoms with van der Waals surface area (Å²) in [6.45, 7) is 10.6. The van der Waals surface area contributed by atoms with Crippen molar-refractivity contribution < 1.29 is 0 Å². The van der Waals surface area contributed by atoms with E-state index in [4.69, 9.17) is 0 Å². The van der Waals surface area contributed by atoms with E-state index in [0.717, 1.165) is 42.5 Å². The van der Waals surface area contributed by atoms with Gasteiger partial charge in [-0.3, -0.25) is 0 Å². The van der Waals surface area contributed by atoms with Crippen LogP contribution in [0.15, 0.2) is 6.07 Å². The number of nitrogens with zero attached hydrogens (tertiary/aromatic N) is 2. The molecule has 1 unspecified atom stereocenters. The zero-order chi connectivity index (χ0) is 13.4. The van der Waals surface area contributed by atoms with Crippen molar-refractivity contribution in [2.75, 3.05) is 6.54 Å². The second-order valence-electron chi connectivity index (χ2n) is 4.62. The highest BCUT2D eigenvalue weighted by molar-refractivity contribution is 7.99. The van der Waals surface area contributed by atoms with Crippen LogP contribution in [-0.4, -0.2) is 21.8 Å². The minimum atomic E-state index is 0.677. The van der Waals surface area contributed by atoms with Crippen molar-refractivity contribution in [2.45, 2.75) is 58.1 Å². The molecular formula is C14H25N3S. The Labute approximate surface area is 115 Å². The number of thioether (sulfide) groups is 1. The van der Waals surface area contributed by atoms with Gasteiger partial charge in [0, 0.05) is 17.5 Å². The predicted molar refractivity (Wildman–Crippen MR) is 79.8 cm³/mol. The average molecular weight is 267 g/mol. The molecule has 0 aromatic carbocycles. The first kappa shape index (κ1) is 15.4. The molecular weight excluding hydrogens is 242 g/mol. The van der Waals surface area contributed by atoms with E-state index in [9.17, 15) is 0 Å². The Morgan fingerprint density at radius 2 is 2.11 bits per heavy atom. The molecule has 1 N–H and O–H groups in total. The quantitative estimate of drug-likeness (QED) is 0.733. The van der Waals surface area contributed by atoms with Crippen LogP contribution in [-0.2, 0) is 12.3 Å². The highest BCUT2D eigenvalue weighted by Gasteiger charge is 2.05. The van der Waals surface area contributed by atoms with Gasteiger partial charge in [0.05, 0.1) is 11.4 Å². The minimum absolute atomic E-state index is 0.677. The summed E-state index contributed by atoms with van der Waals surface area (Å²) in [5.41, 5.74) is 2.17. The Hall–Kier alpha value is -0.610. The molecule has 0 amide bonds. The molecule has 0 aliphatic carbocycles. The molecule has 0 fully saturated rings. The monoisotopic (exact) mass is 267 g/mol. The van der Waals surface area contributed by atoms with E-state index < -0.39 is 0 Å². The van der Waals surface area contributed by atoms with Gasteiger partial charge >= 0.3 is 0 Å². The summed E-state index contributed by atoms with van der Waals surface area (Å²) >= 11 is 1.93. The van der Waals surface area contributed by atoms with E-state index in [1.165, 1.54) is 6.42 Å². The Morgan fingerprint density at radius 3 is 2.78 bits per heavy atom. The molecule has 0 spiro atoms. The van der Waals surface area contributed by atoms with Gasteiger partial charge in [0.25, 0.3) is 0 Å². The minimum Gasteiger partial charge on any atom is -0.311 e. The second-order valence-corrected chi connectivity index (χ2v) is 6.05. The van der Waals surface area contributed by atoms with Crippen LogP contribution in [0.3, 0.4) is 0 Å². The molecule has 0 aliphatic heterocycles. The van der Waals surface area contributed by atoms with Crippen molar-refractivity contribution in [1.29, 1.82) is 0 Å². The third-order valence-electron chi connectivity index (χ3n) is 2.76. The maximum absolute atomic E-state index is 4.62. The molecule has 1 atom stereocenters. The molecule has 1 heterocycles. The number of hydrogen-bond donors (Lipinski definition) is 1. The summed E-state index contributed by atoms with van der Waals surface area (Å²) in [5, 5.41) is 4.06. The van der Waals surface area contributed by atoms with E-state index in [2.05, 4.69) is 42.1 Å². The van der Waals surface area contributed by atoms with Crippen molar-refractivity contribution in [3.8, 4) is 0 Å². The normalized spacial score (nSPS) is 12.7. The molecule has 3 nitrogen and oxygen atoms in total. The number of nitrogens with one attached hydrogen (secondary N) is 1. The summed E-state index contributed by atoms with van der Waals surface area (Å²) in [5.74, 6) is 1.88. The smallest absolute Gasteiger partial charge is 0.138 e. The lowest BCUT2D eigenvalue weighted by molar-refractivity contribution is 0.659. The molecule has 1 rings (SSSR count). The van der Waals surface area contributed by atoms with E-state index in [1.807, 2.05) is 18.7 Å². The van der Waals surface area contributed by atoms with Crippen LogP contribution in [0.1, 0.15) is 50.8 Å². The highest BCUT2D eigenvalue weighted by atomic mass is 32.2. The Bertz CT molecular complexity index is 355. The lowest BCUT2D eigenvalue weighted by atomic mass is 10.3. The molecule has 4 heteroatoms. The topological polar surface area (TPSA) is 37.8 Å². The molecule has 0 saturated carbocycles. The molecule has 1 aromatic heterocycles. The number of rotatable bonds is 8. The van der Waals surface area contributed by atoms with Gasteiger partial charge in [-0.15, -0.1) is 0 Å².